The van der Waals surface area contributed by atoms with Crippen molar-refractivity contribution in [2.45, 2.75) is 38.1 Å². The minimum absolute atomic E-state index is 0.00274. The van der Waals surface area contributed by atoms with Gasteiger partial charge in [0, 0.05) is 31.5 Å². The molecule has 1 heterocycles. The Morgan fingerprint density at radius 3 is 1.96 bits per heavy atom. The van der Waals surface area contributed by atoms with Crippen molar-refractivity contribution in [3.63, 3.8) is 0 Å². The van der Waals surface area contributed by atoms with Crippen LogP contribution in [-0.2, 0) is 14.8 Å². The van der Waals surface area contributed by atoms with E-state index in [1.165, 1.54) is 4.31 Å². The fourth-order valence-corrected chi connectivity index (χ4v) is 4.86. The highest BCUT2D eigenvalue weighted by molar-refractivity contribution is 7.89. The van der Waals surface area contributed by atoms with Gasteiger partial charge in [0.05, 0.1) is 5.75 Å². The minimum atomic E-state index is -3.14. The molecule has 1 N–H and O–H groups in total. The molecule has 0 aliphatic carbocycles. The Balaban J connectivity index is 1.62. The maximum atomic E-state index is 12.8. The highest BCUT2D eigenvalue weighted by atomic mass is 32.2. The van der Waals surface area contributed by atoms with Gasteiger partial charge in [0.1, 0.15) is 0 Å². The second-order valence-electron chi connectivity index (χ2n) is 7.22. The molecular formula is C22H28N2O3S. The van der Waals surface area contributed by atoms with Crippen LogP contribution < -0.4 is 5.32 Å². The second kappa shape index (κ2) is 9.34. The van der Waals surface area contributed by atoms with Crippen LogP contribution in [0.3, 0.4) is 0 Å². The summed E-state index contributed by atoms with van der Waals surface area (Å²) >= 11 is 0. The molecule has 1 aliphatic heterocycles. The van der Waals surface area contributed by atoms with Gasteiger partial charge in [0.15, 0.2) is 0 Å². The van der Waals surface area contributed by atoms with Crippen LogP contribution in [0, 0.1) is 0 Å². The predicted molar refractivity (Wildman–Crippen MR) is 112 cm³/mol. The Morgan fingerprint density at radius 2 is 1.50 bits per heavy atom. The van der Waals surface area contributed by atoms with Gasteiger partial charge in [-0.15, -0.1) is 0 Å². The summed E-state index contributed by atoms with van der Waals surface area (Å²) in [5.41, 5.74) is 2.24. The first-order valence-corrected chi connectivity index (χ1v) is 11.5. The molecule has 1 saturated heterocycles. The molecule has 3 rings (SSSR count). The van der Waals surface area contributed by atoms with Gasteiger partial charge in [-0.1, -0.05) is 60.7 Å². The molecule has 0 saturated carbocycles. The van der Waals surface area contributed by atoms with Gasteiger partial charge in [-0.3, -0.25) is 4.79 Å². The van der Waals surface area contributed by atoms with Crippen molar-refractivity contribution in [3.8, 4) is 0 Å². The Hall–Kier alpha value is -2.18. The van der Waals surface area contributed by atoms with Crippen molar-refractivity contribution >= 4 is 15.9 Å². The van der Waals surface area contributed by atoms with E-state index in [0.29, 0.717) is 32.4 Å². The second-order valence-corrected chi connectivity index (χ2v) is 9.48. The number of nitrogens with zero attached hydrogens (tertiary/aromatic N) is 1. The standard InChI is InChI=1S/C22H28N2O3S/c1-2-28(26,27)24-15-13-20(14-16-24)23-22(25)17-21(18-9-5-3-6-10-18)19-11-7-4-8-12-19/h3-12,20-21H,2,13-17H2,1H3,(H,23,25). The highest BCUT2D eigenvalue weighted by Crippen LogP contribution is 2.28. The maximum Gasteiger partial charge on any atom is 0.221 e. The lowest BCUT2D eigenvalue weighted by Crippen LogP contribution is -2.47. The van der Waals surface area contributed by atoms with E-state index >= 15 is 0 Å². The molecule has 150 valence electrons. The fourth-order valence-electron chi connectivity index (χ4n) is 3.73. The molecule has 6 heteroatoms. The van der Waals surface area contributed by atoms with Crippen LogP contribution in [0.1, 0.15) is 43.2 Å². The van der Waals surface area contributed by atoms with Crippen molar-refractivity contribution in [1.82, 2.24) is 9.62 Å². The van der Waals surface area contributed by atoms with E-state index in [9.17, 15) is 13.2 Å². The lowest BCUT2D eigenvalue weighted by molar-refractivity contribution is -0.122. The third-order valence-electron chi connectivity index (χ3n) is 5.37. The number of hydrogen-bond acceptors (Lipinski definition) is 3. The molecule has 1 fully saturated rings. The summed E-state index contributed by atoms with van der Waals surface area (Å²) in [6, 6.07) is 20.2. The normalized spacial score (nSPS) is 16.2. The first-order valence-electron chi connectivity index (χ1n) is 9.86. The van der Waals surface area contributed by atoms with Gasteiger partial charge in [-0.05, 0) is 30.9 Å². The first-order chi connectivity index (χ1) is 13.5. The summed E-state index contributed by atoms with van der Waals surface area (Å²) < 4.78 is 25.5. The van der Waals surface area contributed by atoms with E-state index in [-0.39, 0.29) is 23.6 Å². The molecule has 1 aliphatic rings. The van der Waals surface area contributed by atoms with E-state index in [0.717, 1.165) is 11.1 Å². The summed E-state index contributed by atoms with van der Waals surface area (Å²) in [6.07, 6.45) is 1.69. The van der Waals surface area contributed by atoms with Crippen LogP contribution in [-0.4, -0.2) is 43.5 Å². The van der Waals surface area contributed by atoms with E-state index in [1.807, 2.05) is 36.4 Å². The lowest BCUT2D eigenvalue weighted by atomic mass is 9.88. The topological polar surface area (TPSA) is 66.5 Å². The first kappa shape index (κ1) is 20.6. The zero-order valence-electron chi connectivity index (χ0n) is 16.3. The Bertz CT molecular complexity index is 822. The van der Waals surface area contributed by atoms with Crippen LogP contribution >= 0.6 is 0 Å². The van der Waals surface area contributed by atoms with Crippen LogP contribution in [0.25, 0.3) is 0 Å². The van der Waals surface area contributed by atoms with Gasteiger partial charge < -0.3 is 5.32 Å². The molecule has 0 atom stereocenters. The molecule has 0 radical (unpaired) electrons. The number of piperidine rings is 1. The highest BCUT2D eigenvalue weighted by Gasteiger charge is 2.28. The van der Waals surface area contributed by atoms with Crippen molar-refractivity contribution in [2.24, 2.45) is 0 Å². The van der Waals surface area contributed by atoms with Crippen LogP contribution in [0.15, 0.2) is 60.7 Å². The third kappa shape index (κ3) is 5.20. The third-order valence-corrected chi connectivity index (χ3v) is 7.25. The molecule has 0 bridgehead atoms. The average Bonchev–Trinajstić information content (AvgIpc) is 2.73. The predicted octanol–water partition coefficient (Wildman–Crippen LogP) is 3.14. The zero-order chi connectivity index (χ0) is 20.0. The molecule has 2 aromatic rings. The lowest BCUT2D eigenvalue weighted by Gasteiger charge is -2.31. The van der Waals surface area contributed by atoms with Crippen molar-refractivity contribution in [3.05, 3.63) is 71.8 Å². The zero-order valence-corrected chi connectivity index (χ0v) is 17.1. The van der Waals surface area contributed by atoms with Crippen molar-refractivity contribution in [2.75, 3.05) is 18.8 Å². The average molecular weight is 401 g/mol. The van der Waals surface area contributed by atoms with E-state index in [1.54, 1.807) is 6.92 Å². The van der Waals surface area contributed by atoms with Gasteiger partial charge in [0.25, 0.3) is 0 Å². The molecule has 0 aromatic heterocycles. The SMILES string of the molecule is CCS(=O)(=O)N1CCC(NC(=O)CC(c2ccccc2)c2ccccc2)CC1. The number of amides is 1. The van der Waals surface area contributed by atoms with Gasteiger partial charge in [-0.25, -0.2) is 12.7 Å². The number of benzene rings is 2. The summed E-state index contributed by atoms with van der Waals surface area (Å²) in [7, 11) is -3.14. The van der Waals surface area contributed by atoms with Crippen molar-refractivity contribution < 1.29 is 13.2 Å². The number of carbonyl (C=O) groups excluding carboxylic acids is 1. The smallest absolute Gasteiger partial charge is 0.221 e. The maximum absolute atomic E-state index is 12.8. The van der Waals surface area contributed by atoms with Crippen LogP contribution in [0.2, 0.25) is 0 Å². The van der Waals surface area contributed by atoms with Gasteiger partial charge >= 0.3 is 0 Å². The number of rotatable bonds is 7. The molecule has 1 amide bonds. The molecule has 28 heavy (non-hydrogen) atoms. The van der Waals surface area contributed by atoms with Gasteiger partial charge in [-0.2, -0.15) is 0 Å². The fraction of sp³-hybridized carbons (Fsp3) is 0.409. The minimum Gasteiger partial charge on any atom is -0.353 e. The summed E-state index contributed by atoms with van der Waals surface area (Å²) in [5.74, 6) is 0.136. The van der Waals surface area contributed by atoms with E-state index < -0.39 is 10.0 Å². The Morgan fingerprint density at radius 1 is 1.00 bits per heavy atom. The number of sulfonamides is 1. The van der Waals surface area contributed by atoms with E-state index in [4.69, 9.17) is 0 Å². The Kier molecular flexibility index (Phi) is 6.86. The number of hydrogen-bond donors (Lipinski definition) is 1. The van der Waals surface area contributed by atoms with Crippen LogP contribution in [0.4, 0.5) is 0 Å². The number of carbonyl (C=O) groups is 1. The monoisotopic (exact) mass is 400 g/mol. The molecular weight excluding hydrogens is 372 g/mol. The molecule has 2 aromatic carbocycles. The van der Waals surface area contributed by atoms with E-state index in [2.05, 4.69) is 29.6 Å². The van der Waals surface area contributed by atoms with Crippen LogP contribution in [0.5, 0.6) is 0 Å². The summed E-state index contributed by atoms with van der Waals surface area (Å²) in [6.45, 7) is 2.61. The number of nitrogens with one attached hydrogen (secondary N) is 1. The molecule has 0 unspecified atom stereocenters. The van der Waals surface area contributed by atoms with Gasteiger partial charge in [0.2, 0.25) is 15.9 Å². The largest absolute Gasteiger partial charge is 0.353 e. The Labute approximate surface area is 167 Å². The summed E-state index contributed by atoms with van der Waals surface area (Å²) in [5, 5.41) is 3.12. The van der Waals surface area contributed by atoms with Crippen molar-refractivity contribution in [1.29, 1.82) is 0 Å². The molecule has 0 spiro atoms. The summed E-state index contributed by atoms with van der Waals surface area (Å²) in [4.78, 5) is 12.8. The quantitative estimate of drug-likeness (QED) is 0.776. The molecule has 5 nitrogen and oxygen atoms in total.